The monoisotopic (exact) mass is 412 g/mol. The second kappa shape index (κ2) is 6.60. The molecule has 3 heteroatoms. The van der Waals surface area contributed by atoms with Gasteiger partial charge >= 0.3 is 0 Å². The Labute approximate surface area is 167 Å². The third kappa shape index (κ3) is 2.71. The Kier molecular flexibility index (Phi) is 3.95. The maximum absolute atomic E-state index is 3.66. The van der Waals surface area contributed by atoms with E-state index in [1.54, 1.807) is 0 Å². The number of nitrogens with zero attached hydrogens (tertiary/aromatic N) is 2. The Bertz CT molecular complexity index is 1090. The molecule has 0 radical (unpaired) electrons. The number of halogens is 1. The van der Waals surface area contributed by atoms with E-state index in [-0.39, 0.29) is 0 Å². The summed E-state index contributed by atoms with van der Waals surface area (Å²) >= 11 is 3.66. The lowest BCUT2D eigenvalue weighted by Gasteiger charge is -2.40. The maximum atomic E-state index is 3.66. The largest absolute Gasteiger partial charge is 0.306 e. The number of fused-ring (bicyclic) bond motifs is 2. The van der Waals surface area contributed by atoms with E-state index < -0.39 is 0 Å². The van der Waals surface area contributed by atoms with Crippen molar-refractivity contribution >= 4 is 50.1 Å². The Morgan fingerprint density at radius 2 is 0.889 bits per heavy atom. The van der Waals surface area contributed by atoms with Crippen molar-refractivity contribution in [1.29, 1.82) is 0 Å². The lowest BCUT2D eigenvalue weighted by Crippen LogP contribution is -2.23. The number of rotatable bonds is 2. The highest BCUT2D eigenvalue weighted by atomic mass is 79.9. The van der Waals surface area contributed by atoms with Gasteiger partial charge in [0.25, 0.3) is 0 Å². The molecule has 0 spiro atoms. The summed E-state index contributed by atoms with van der Waals surface area (Å²) in [7, 11) is 0. The lowest BCUT2D eigenvalue weighted by molar-refractivity contribution is 1.17. The summed E-state index contributed by atoms with van der Waals surface area (Å²) in [6.45, 7) is 0. The summed E-state index contributed by atoms with van der Waals surface area (Å²) in [4.78, 5) is 4.66. The molecule has 4 aromatic carbocycles. The first kappa shape index (κ1) is 16.2. The summed E-state index contributed by atoms with van der Waals surface area (Å²) in [5.74, 6) is 0. The van der Waals surface area contributed by atoms with Crippen LogP contribution in [0.3, 0.4) is 0 Å². The summed E-state index contributed by atoms with van der Waals surface area (Å²) in [6.07, 6.45) is 0. The molecule has 0 aromatic heterocycles. The zero-order chi connectivity index (χ0) is 18.2. The topological polar surface area (TPSA) is 6.48 Å². The van der Waals surface area contributed by atoms with Crippen LogP contribution in [-0.2, 0) is 0 Å². The molecule has 0 saturated carbocycles. The first-order valence-electron chi connectivity index (χ1n) is 8.92. The molecule has 1 aliphatic rings. The molecule has 0 unspecified atom stereocenters. The van der Waals surface area contributed by atoms with Gasteiger partial charge in [-0.2, -0.15) is 0 Å². The first-order chi connectivity index (χ1) is 13.3. The molecule has 0 saturated heterocycles. The fourth-order valence-electron chi connectivity index (χ4n) is 3.68. The number of hydrogen-bond acceptors (Lipinski definition) is 2. The molecule has 0 amide bonds. The van der Waals surface area contributed by atoms with E-state index in [0.717, 1.165) is 32.9 Å². The molecule has 0 atom stereocenters. The molecule has 1 heterocycles. The predicted octanol–water partition coefficient (Wildman–Crippen LogP) is 7.70. The van der Waals surface area contributed by atoms with Crippen LogP contribution < -0.4 is 9.80 Å². The van der Waals surface area contributed by atoms with E-state index in [4.69, 9.17) is 0 Å². The smallest absolute Gasteiger partial charge is 0.0714 e. The van der Waals surface area contributed by atoms with Gasteiger partial charge in [-0.3, -0.25) is 0 Å². The number of anilines is 6. The van der Waals surface area contributed by atoms with Crippen molar-refractivity contribution in [2.75, 3.05) is 9.80 Å². The zero-order valence-corrected chi connectivity index (χ0v) is 16.2. The van der Waals surface area contributed by atoms with Gasteiger partial charge in [0.15, 0.2) is 0 Å². The molecular weight excluding hydrogens is 396 g/mol. The minimum atomic E-state index is 1.06. The van der Waals surface area contributed by atoms with Crippen LogP contribution in [0.2, 0.25) is 0 Å². The fraction of sp³-hybridized carbons (Fsp3) is 0. The van der Waals surface area contributed by atoms with E-state index in [0.29, 0.717) is 0 Å². The van der Waals surface area contributed by atoms with Gasteiger partial charge in [-0.25, -0.2) is 0 Å². The van der Waals surface area contributed by atoms with Crippen molar-refractivity contribution in [2.45, 2.75) is 0 Å². The molecule has 4 aromatic rings. The minimum absolute atomic E-state index is 1.06. The Morgan fingerprint density at radius 3 is 1.44 bits per heavy atom. The zero-order valence-electron chi connectivity index (χ0n) is 14.6. The SMILES string of the molecule is Brc1ccc2c(c1)N(c1ccccc1)c1ccccc1N2c1ccccc1. The van der Waals surface area contributed by atoms with Gasteiger partial charge in [-0.05, 0) is 54.6 Å². The van der Waals surface area contributed by atoms with Crippen LogP contribution in [0.25, 0.3) is 0 Å². The maximum Gasteiger partial charge on any atom is 0.0714 e. The molecule has 2 nitrogen and oxygen atoms in total. The van der Waals surface area contributed by atoms with E-state index in [9.17, 15) is 0 Å². The van der Waals surface area contributed by atoms with Gasteiger partial charge in [0, 0.05) is 15.8 Å². The van der Waals surface area contributed by atoms with Gasteiger partial charge in [0.2, 0.25) is 0 Å². The third-order valence-corrected chi connectivity index (χ3v) is 5.30. The van der Waals surface area contributed by atoms with E-state index in [1.807, 2.05) is 0 Å². The molecule has 5 rings (SSSR count). The van der Waals surface area contributed by atoms with Crippen molar-refractivity contribution < 1.29 is 0 Å². The van der Waals surface area contributed by atoms with Crippen LogP contribution in [0.5, 0.6) is 0 Å². The highest BCUT2D eigenvalue weighted by molar-refractivity contribution is 9.10. The predicted molar refractivity (Wildman–Crippen MR) is 117 cm³/mol. The van der Waals surface area contributed by atoms with Gasteiger partial charge < -0.3 is 9.80 Å². The molecule has 0 aliphatic carbocycles. The Balaban J connectivity index is 1.82. The molecular formula is C24H17BrN2. The Hall–Kier alpha value is -3.04. The molecule has 0 N–H and O–H groups in total. The van der Waals surface area contributed by atoms with Crippen molar-refractivity contribution in [3.8, 4) is 0 Å². The lowest BCUT2D eigenvalue weighted by atomic mass is 10.0. The molecule has 1 aliphatic heterocycles. The highest BCUT2D eigenvalue weighted by Crippen LogP contribution is 2.54. The van der Waals surface area contributed by atoms with Gasteiger partial charge in [0.1, 0.15) is 0 Å². The first-order valence-corrected chi connectivity index (χ1v) is 9.71. The Morgan fingerprint density at radius 1 is 0.444 bits per heavy atom. The minimum Gasteiger partial charge on any atom is -0.306 e. The van der Waals surface area contributed by atoms with Crippen molar-refractivity contribution in [1.82, 2.24) is 0 Å². The molecule has 0 fully saturated rings. The second-order valence-electron chi connectivity index (χ2n) is 6.46. The van der Waals surface area contributed by atoms with E-state index in [2.05, 4.69) is 129 Å². The number of benzene rings is 4. The highest BCUT2D eigenvalue weighted by Gasteiger charge is 2.30. The van der Waals surface area contributed by atoms with Crippen LogP contribution in [0.1, 0.15) is 0 Å². The van der Waals surface area contributed by atoms with E-state index in [1.165, 1.54) is 5.69 Å². The molecule has 130 valence electrons. The summed E-state index contributed by atoms with van der Waals surface area (Å²) < 4.78 is 1.06. The molecule has 0 bridgehead atoms. The average molecular weight is 413 g/mol. The average Bonchev–Trinajstić information content (AvgIpc) is 2.73. The van der Waals surface area contributed by atoms with Crippen LogP contribution in [0, 0.1) is 0 Å². The normalized spacial score (nSPS) is 12.5. The molecule has 27 heavy (non-hydrogen) atoms. The summed E-state index contributed by atoms with van der Waals surface area (Å²) in [6, 6.07) is 36.1. The van der Waals surface area contributed by atoms with Gasteiger partial charge in [-0.15, -0.1) is 0 Å². The number of hydrogen-bond donors (Lipinski definition) is 0. The second-order valence-corrected chi connectivity index (χ2v) is 7.38. The van der Waals surface area contributed by atoms with Crippen LogP contribution in [0.4, 0.5) is 34.1 Å². The van der Waals surface area contributed by atoms with Crippen molar-refractivity contribution in [3.05, 3.63) is 108 Å². The standard InChI is InChI=1S/C24H17BrN2/c25-18-15-16-23-24(17-18)27(20-11-5-2-6-12-20)22-14-8-7-13-21(22)26(23)19-9-3-1-4-10-19/h1-17H. The quantitative estimate of drug-likeness (QED) is 0.293. The van der Waals surface area contributed by atoms with Crippen LogP contribution in [-0.4, -0.2) is 0 Å². The fourth-order valence-corrected chi connectivity index (χ4v) is 4.03. The van der Waals surface area contributed by atoms with Gasteiger partial charge in [0.05, 0.1) is 22.7 Å². The van der Waals surface area contributed by atoms with Crippen molar-refractivity contribution in [2.24, 2.45) is 0 Å². The van der Waals surface area contributed by atoms with E-state index >= 15 is 0 Å². The summed E-state index contributed by atoms with van der Waals surface area (Å²) in [5, 5.41) is 0. The third-order valence-electron chi connectivity index (χ3n) is 4.81. The van der Waals surface area contributed by atoms with Gasteiger partial charge in [-0.1, -0.05) is 64.5 Å². The van der Waals surface area contributed by atoms with Crippen LogP contribution >= 0.6 is 15.9 Å². The van der Waals surface area contributed by atoms with Crippen molar-refractivity contribution in [3.63, 3.8) is 0 Å². The van der Waals surface area contributed by atoms with Crippen LogP contribution in [0.15, 0.2) is 108 Å². The summed E-state index contributed by atoms with van der Waals surface area (Å²) in [5.41, 5.74) is 6.95. The number of para-hydroxylation sites is 4.